The number of hydrogen-bond acceptors (Lipinski definition) is 4. The van der Waals surface area contributed by atoms with E-state index in [0.29, 0.717) is 17.5 Å². The molecule has 1 aromatic carbocycles. The number of rotatable bonds is 3. The predicted molar refractivity (Wildman–Crippen MR) is 61.5 cm³/mol. The van der Waals surface area contributed by atoms with Crippen LogP contribution in [0.1, 0.15) is 23.6 Å². The van der Waals surface area contributed by atoms with Crippen molar-refractivity contribution in [3.05, 3.63) is 28.8 Å². The summed E-state index contributed by atoms with van der Waals surface area (Å²) >= 11 is 0. The molecule has 0 radical (unpaired) electrons. The Bertz CT molecular complexity index is 547. The summed E-state index contributed by atoms with van der Waals surface area (Å²) in [5.41, 5.74) is 6.93. The molecule has 0 aliphatic heterocycles. The van der Waals surface area contributed by atoms with Gasteiger partial charge in [-0.2, -0.15) is 5.26 Å². The van der Waals surface area contributed by atoms with Crippen molar-refractivity contribution in [1.29, 1.82) is 5.26 Å². The Morgan fingerprint density at radius 3 is 2.44 bits per heavy atom. The van der Waals surface area contributed by atoms with E-state index in [1.807, 2.05) is 13.0 Å². The lowest BCUT2D eigenvalue weighted by molar-refractivity contribution is 0.608. The monoisotopic (exact) mass is 258 g/mol. The van der Waals surface area contributed by atoms with Crippen molar-refractivity contribution >= 4 is 19.7 Å². The summed E-state index contributed by atoms with van der Waals surface area (Å²) in [5.74, 6) is 0. The lowest BCUT2D eigenvalue weighted by Crippen LogP contribution is -2.05. The lowest BCUT2D eigenvalue weighted by Gasteiger charge is -2.08. The molecular weight excluding hydrogens is 248 g/mol. The summed E-state index contributed by atoms with van der Waals surface area (Å²) in [6, 6.07) is 4.81. The predicted octanol–water partition coefficient (Wildman–Crippen LogP) is 1.51. The number of halogens is 1. The van der Waals surface area contributed by atoms with Gasteiger partial charge in [-0.05, 0) is 23.6 Å². The van der Waals surface area contributed by atoms with Crippen molar-refractivity contribution in [2.75, 3.05) is 0 Å². The van der Waals surface area contributed by atoms with Crippen LogP contribution in [0, 0.1) is 11.3 Å². The zero-order valence-electron chi connectivity index (χ0n) is 8.70. The fourth-order valence-electron chi connectivity index (χ4n) is 1.45. The first-order chi connectivity index (χ1) is 7.43. The number of benzene rings is 1. The Morgan fingerprint density at radius 1 is 1.44 bits per heavy atom. The summed E-state index contributed by atoms with van der Waals surface area (Å²) in [7, 11) is 1.48. The molecule has 0 heterocycles. The second-order valence-corrected chi connectivity index (χ2v) is 5.76. The lowest BCUT2D eigenvalue weighted by atomic mass is 10.0. The summed E-state index contributed by atoms with van der Waals surface area (Å²) < 4.78 is 22.6. The number of nitrogens with zero attached hydrogens (tertiary/aromatic N) is 1. The van der Waals surface area contributed by atoms with Crippen LogP contribution < -0.4 is 5.73 Å². The van der Waals surface area contributed by atoms with Crippen LogP contribution >= 0.6 is 10.7 Å². The number of hydrogen-bond donors (Lipinski definition) is 1. The van der Waals surface area contributed by atoms with Gasteiger partial charge in [0.05, 0.1) is 16.5 Å². The van der Waals surface area contributed by atoms with E-state index in [0.717, 1.165) is 0 Å². The van der Waals surface area contributed by atoms with E-state index >= 15 is 0 Å². The highest BCUT2D eigenvalue weighted by atomic mass is 35.7. The van der Waals surface area contributed by atoms with Gasteiger partial charge in [0, 0.05) is 17.2 Å². The van der Waals surface area contributed by atoms with Gasteiger partial charge in [0.1, 0.15) is 0 Å². The second-order valence-electron chi connectivity index (χ2n) is 3.22. The molecule has 0 spiro atoms. The molecule has 0 amide bonds. The van der Waals surface area contributed by atoms with Crippen LogP contribution in [-0.4, -0.2) is 8.42 Å². The third kappa shape index (κ3) is 2.53. The summed E-state index contributed by atoms with van der Waals surface area (Å²) in [6.07, 6.45) is 0.514. The van der Waals surface area contributed by atoms with E-state index in [4.69, 9.17) is 21.7 Å². The molecule has 0 fully saturated rings. The highest BCUT2D eigenvalue weighted by molar-refractivity contribution is 8.13. The normalized spacial score (nSPS) is 11.1. The van der Waals surface area contributed by atoms with Crippen LogP contribution in [0.3, 0.4) is 0 Å². The fraction of sp³-hybridized carbons (Fsp3) is 0.300. The van der Waals surface area contributed by atoms with Crippen LogP contribution in [0.25, 0.3) is 0 Å². The molecule has 16 heavy (non-hydrogen) atoms. The van der Waals surface area contributed by atoms with Gasteiger partial charge < -0.3 is 5.73 Å². The van der Waals surface area contributed by atoms with E-state index in [1.165, 1.54) is 6.07 Å². The van der Waals surface area contributed by atoms with Crippen molar-refractivity contribution in [3.63, 3.8) is 0 Å². The van der Waals surface area contributed by atoms with E-state index < -0.39 is 9.05 Å². The van der Waals surface area contributed by atoms with Crippen molar-refractivity contribution in [1.82, 2.24) is 0 Å². The minimum atomic E-state index is -3.82. The molecule has 0 unspecified atom stereocenters. The molecule has 0 aliphatic rings. The van der Waals surface area contributed by atoms with Crippen molar-refractivity contribution < 1.29 is 8.42 Å². The molecule has 0 atom stereocenters. The van der Waals surface area contributed by atoms with E-state index in [9.17, 15) is 8.42 Å². The maximum atomic E-state index is 11.3. The summed E-state index contributed by atoms with van der Waals surface area (Å²) in [5, 5.41) is 8.86. The molecule has 0 saturated heterocycles. The third-order valence-corrected chi connectivity index (χ3v) is 3.67. The van der Waals surface area contributed by atoms with E-state index in [-0.39, 0.29) is 17.0 Å². The highest BCUT2D eigenvalue weighted by Gasteiger charge is 2.17. The van der Waals surface area contributed by atoms with Gasteiger partial charge in [-0.15, -0.1) is 0 Å². The molecule has 86 valence electrons. The van der Waals surface area contributed by atoms with E-state index in [1.54, 1.807) is 6.07 Å². The Labute approximate surface area is 99.1 Å². The van der Waals surface area contributed by atoms with Crippen LogP contribution in [0.4, 0.5) is 0 Å². The molecule has 0 aromatic heterocycles. The van der Waals surface area contributed by atoms with Gasteiger partial charge in [-0.1, -0.05) is 13.0 Å². The van der Waals surface area contributed by atoms with Gasteiger partial charge in [-0.3, -0.25) is 0 Å². The third-order valence-electron chi connectivity index (χ3n) is 2.27. The summed E-state index contributed by atoms with van der Waals surface area (Å²) in [4.78, 5) is -0.00887. The van der Waals surface area contributed by atoms with E-state index in [2.05, 4.69) is 0 Å². The first kappa shape index (κ1) is 13.0. The van der Waals surface area contributed by atoms with Gasteiger partial charge >= 0.3 is 0 Å². The van der Waals surface area contributed by atoms with Gasteiger partial charge in [0.25, 0.3) is 9.05 Å². The standard InChI is InChI=1S/C10H11ClN2O2S/c1-2-7-3-8(5-12)9(6-13)4-10(7)16(11,14)15/h3-4H,2,5,12H2,1H3. The quantitative estimate of drug-likeness (QED) is 0.833. The molecule has 0 aliphatic carbocycles. The largest absolute Gasteiger partial charge is 0.326 e. The number of aryl methyl sites for hydroxylation is 1. The second kappa shape index (κ2) is 4.83. The molecular formula is C10H11ClN2O2S. The van der Waals surface area contributed by atoms with Crippen LogP contribution in [0.2, 0.25) is 0 Å². The number of nitrogens with two attached hydrogens (primary N) is 1. The summed E-state index contributed by atoms with van der Waals surface area (Å²) in [6.45, 7) is 2.01. The fourth-order valence-corrected chi connectivity index (χ4v) is 2.66. The molecule has 2 N–H and O–H groups in total. The van der Waals surface area contributed by atoms with Gasteiger partial charge in [-0.25, -0.2) is 8.42 Å². The molecule has 1 aromatic rings. The maximum Gasteiger partial charge on any atom is 0.261 e. The van der Waals surface area contributed by atoms with Gasteiger partial charge in [0.2, 0.25) is 0 Å². The zero-order valence-corrected chi connectivity index (χ0v) is 10.3. The SMILES string of the molecule is CCc1cc(CN)c(C#N)cc1S(=O)(=O)Cl. The Kier molecular flexibility index (Phi) is 3.92. The van der Waals surface area contributed by atoms with Crippen LogP contribution in [0.5, 0.6) is 0 Å². The first-order valence-electron chi connectivity index (χ1n) is 4.64. The Hall–Kier alpha value is -1.09. The van der Waals surface area contributed by atoms with Gasteiger partial charge in [0.15, 0.2) is 0 Å². The molecule has 1 rings (SSSR count). The topological polar surface area (TPSA) is 83.9 Å². The van der Waals surface area contributed by atoms with Crippen LogP contribution in [-0.2, 0) is 22.0 Å². The molecule has 6 heteroatoms. The first-order valence-corrected chi connectivity index (χ1v) is 6.95. The van der Waals surface area contributed by atoms with Crippen molar-refractivity contribution in [3.8, 4) is 6.07 Å². The average molecular weight is 259 g/mol. The highest BCUT2D eigenvalue weighted by Crippen LogP contribution is 2.24. The van der Waals surface area contributed by atoms with Crippen molar-refractivity contribution in [2.24, 2.45) is 5.73 Å². The minimum absolute atomic E-state index is 0.00887. The maximum absolute atomic E-state index is 11.3. The molecule has 0 bridgehead atoms. The molecule has 4 nitrogen and oxygen atoms in total. The molecule has 0 saturated carbocycles. The Balaban J connectivity index is 3.58. The minimum Gasteiger partial charge on any atom is -0.326 e. The smallest absolute Gasteiger partial charge is 0.261 e. The Morgan fingerprint density at radius 2 is 2.06 bits per heavy atom. The zero-order chi connectivity index (χ0) is 12.3. The number of nitriles is 1. The van der Waals surface area contributed by atoms with Crippen molar-refractivity contribution in [2.45, 2.75) is 24.8 Å². The average Bonchev–Trinajstić information content (AvgIpc) is 2.25. The van der Waals surface area contributed by atoms with Crippen LogP contribution in [0.15, 0.2) is 17.0 Å².